The van der Waals surface area contributed by atoms with E-state index in [2.05, 4.69) is 60.5 Å². The number of allylic oxidation sites excluding steroid dienone is 1. The molecule has 40 heavy (non-hydrogen) atoms. The molecule has 0 atom stereocenters. The minimum atomic E-state index is 0.408. The van der Waals surface area contributed by atoms with Gasteiger partial charge < -0.3 is 16.0 Å². The summed E-state index contributed by atoms with van der Waals surface area (Å²) in [5.41, 5.74) is 5.57. The molecule has 3 N–H and O–H groups in total. The largest absolute Gasteiger partial charge is 0.367 e. The number of nitrogens with one attached hydrogen (secondary N) is 3. The molecule has 2 aliphatic carbocycles. The van der Waals surface area contributed by atoms with Gasteiger partial charge in [-0.15, -0.1) is 0 Å². The van der Waals surface area contributed by atoms with Crippen LogP contribution in [0.3, 0.4) is 0 Å². The summed E-state index contributed by atoms with van der Waals surface area (Å²) in [6.45, 7) is 5.10. The summed E-state index contributed by atoms with van der Waals surface area (Å²) in [7, 11) is 0. The lowest BCUT2D eigenvalue weighted by Crippen LogP contribution is -2.30. The van der Waals surface area contributed by atoms with Gasteiger partial charge in [-0.1, -0.05) is 31.2 Å². The van der Waals surface area contributed by atoms with Crippen LogP contribution >= 0.6 is 0 Å². The Labute approximate surface area is 237 Å². The number of pyridine rings is 2. The third-order valence-corrected chi connectivity index (χ3v) is 7.11. The first-order valence-electron chi connectivity index (χ1n) is 14.2. The maximum atomic E-state index is 4.64. The predicted molar refractivity (Wildman–Crippen MR) is 164 cm³/mol. The molecule has 0 saturated heterocycles. The van der Waals surface area contributed by atoms with Crippen molar-refractivity contribution in [3.05, 3.63) is 95.3 Å². The van der Waals surface area contributed by atoms with Crippen LogP contribution in [0.15, 0.2) is 82.8 Å². The van der Waals surface area contributed by atoms with Gasteiger partial charge in [0, 0.05) is 48.5 Å². The van der Waals surface area contributed by atoms with Crippen molar-refractivity contribution in [2.24, 2.45) is 9.98 Å². The first-order chi connectivity index (χ1) is 19.8. The minimum absolute atomic E-state index is 0.408. The third kappa shape index (κ3) is 8.36. The molecule has 2 aliphatic rings. The van der Waals surface area contributed by atoms with Crippen molar-refractivity contribution in [1.29, 1.82) is 0 Å². The zero-order valence-corrected chi connectivity index (χ0v) is 22.9. The first-order valence-corrected chi connectivity index (χ1v) is 14.2. The van der Waals surface area contributed by atoms with E-state index < -0.39 is 0 Å². The van der Waals surface area contributed by atoms with E-state index in [1.165, 1.54) is 37.7 Å². The first kappa shape index (κ1) is 27.3. The zero-order chi connectivity index (χ0) is 27.4. The molecule has 1 aromatic carbocycles. The summed E-state index contributed by atoms with van der Waals surface area (Å²) in [4.78, 5) is 17.9. The molecule has 2 aromatic heterocycles. The van der Waals surface area contributed by atoms with Crippen LogP contribution in [0.4, 0.5) is 5.69 Å². The van der Waals surface area contributed by atoms with Gasteiger partial charge in [0.1, 0.15) is 18.2 Å². The quantitative estimate of drug-likeness (QED) is 0.223. The molecular formula is C33H37N7. The molecule has 2 heterocycles. The molecule has 0 bridgehead atoms. The highest BCUT2D eigenvalue weighted by Crippen LogP contribution is 2.22. The van der Waals surface area contributed by atoms with Crippen molar-refractivity contribution in [2.45, 2.75) is 63.6 Å². The molecule has 5 rings (SSSR count). The van der Waals surface area contributed by atoms with Gasteiger partial charge in [-0.05, 0) is 92.4 Å². The molecule has 0 aliphatic heterocycles. The summed E-state index contributed by atoms with van der Waals surface area (Å²) in [5, 5.41) is 10.5. The number of anilines is 1. The molecule has 2 saturated carbocycles. The summed E-state index contributed by atoms with van der Waals surface area (Å²) in [6.07, 6.45) is 14.1. The standard InChI is InChI=1S/C33H37N7/c1-34-33(40-29-7-3-2-4-8-29)31(32-9-5-6-19-37-32)23-35-24-39-28-13-10-25(11-14-28)12-15-30-21-26(18-20-36-30)22-38-27-16-17-27/h5-6,9-11,13-14,18-21,23,27,29,38-40H,1-4,7-8,16-17,22,24H2/b33-31-,35-23-. The Hall–Kier alpha value is -4.28. The van der Waals surface area contributed by atoms with E-state index in [1.54, 1.807) is 6.20 Å². The Morgan fingerprint density at radius 3 is 2.52 bits per heavy atom. The second kappa shape index (κ2) is 14.2. The monoisotopic (exact) mass is 531 g/mol. The normalized spacial score (nSPS) is 16.1. The smallest absolute Gasteiger partial charge is 0.136 e. The van der Waals surface area contributed by atoms with E-state index in [9.17, 15) is 0 Å². The molecular weight excluding hydrogens is 494 g/mol. The number of nitrogens with zero attached hydrogens (tertiary/aromatic N) is 4. The fourth-order valence-corrected chi connectivity index (χ4v) is 4.70. The van der Waals surface area contributed by atoms with E-state index in [-0.39, 0.29) is 0 Å². The van der Waals surface area contributed by atoms with Crippen LogP contribution in [0, 0.1) is 11.8 Å². The summed E-state index contributed by atoms with van der Waals surface area (Å²) in [6, 6.07) is 19.1. The van der Waals surface area contributed by atoms with Crippen molar-refractivity contribution in [1.82, 2.24) is 20.6 Å². The Morgan fingerprint density at radius 2 is 1.77 bits per heavy atom. The number of aromatic nitrogens is 2. The van der Waals surface area contributed by atoms with Crippen molar-refractivity contribution in [2.75, 3.05) is 12.0 Å². The van der Waals surface area contributed by atoms with E-state index in [0.29, 0.717) is 18.8 Å². The molecule has 0 spiro atoms. The van der Waals surface area contributed by atoms with E-state index in [0.717, 1.165) is 53.4 Å². The highest BCUT2D eigenvalue weighted by atomic mass is 15.1. The van der Waals surface area contributed by atoms with Gasteiger partial charge in [0.15, 0.2) is 0 Å². The lowest BCUT2D eigenvalue weighted by molar-refractivity contribution is 0.396. The van der Waals surface area contributed by atoms with Crippen LogP contribution in [0.1, 0.15) is 67.5 Å². The van der Waals surface area contributed by atoms with Crippen LogP contribution in [-0.2, 0) is 6.54 Å². The molecule has 0 radical (unpaired) electrons. The topological polar surface area (TPSA) is 86.6 Å². The van der Waals surface area contributed by atoms with Gasteiger partial charge in [-0.2, -0.15) is 0 Å². The Kier molecular flexibility index (Phi) is 9.69. The highest BCUT2D eigenvalue weighted by molar-refractivity contribution is 6.10. The Balaban J connectivity index is 1.19. The maximum absolute atomic E-state index is 4.64. The average Bonchev–Trinajstić information content (AvgIpc) is 3.85. The Morgan fingerprint density at radius 1 is 0.925 bits per heavy atom. The third-order valence-electron chi connectivity index (χ3n) is 7.11. The van der Waals surface area contributed by atoms with Gasteiger partial charge >= 0.3 is 0 Å². The minimum Gasteiger partial charge on any atom is -0.367 e. The van der Waals surface area contributed by atoms with E-state index >= 15 is 0 Å². The van der Waals surface area contributed by atoms with Gasteiger partial charge in [0.25, 0.3) is 0 Å². The summed E-state index contributed by atoms with van der Waals surface area (Å²) >= 11 is 0. The van der Waals surface area contributed by atoms with Gasteiger partial charge in [-0.3, -0.25) is 9.98 Å². The lowest BCUT2D eigenvalue weighted by atomic mass is 9.95. The molecule has 0 unspecified atom stereocenters. The van der Waals surface area contributed by atoms with E-state index in [1.807, 2.05) is 60.9 Å². The number of aliphatic imine (C=N–C) groups is 2. The van der Waals surface area contributed by atoms with Crippen LogP contribution in [-0.4, -0.2) is 41.7 Å². The number of hydrogen-bond donors (Lipinski definition) is 3. The van der Waals surface area contributed by atoms with E-state index in [4.69, 9.17) is 0 Å². The second-order valence-electron chi connectivity index (χ2n) is 10.3. The number of benzene rings is 1. The average molecular weight is 532 g/mol. The van der Waals surface area contributed by atoms with Crippen LogP contribution < -0.4 is 16.0 Å². The molecule has 2 fully saturated rings. The SMILES string of the molecule is C=N/C(NC1CCCCC1)=C(\C=N/CNc1ccc(C#Cc2cc(CNC3CC3)ccn2)cc1)c1ccccn1. The predicted octanol–water partition coefficient (Wildman–Crippen LogP) is 5.56. The fourth-order valence-electron chi connectivity index (χ4n) is 4.70. The summed E-state index contributed by atoms with van der Waals surface area (Å²) < 4.78 is 0. The fraction of sp³-hybridized carbons (Fsp3) is 0.333. The van der Waals surface area contributed by atoms with Crippen LogP contribution in [0.25, 0.3) is 5.57 Å². The van der Waals surface area contributed by atoms with Crippen molar-refractivity contribution >= 4 is 24.2 Å². The molecule has 3 aromatic rings. The zero-order valence-electron chi connectivity index (χ0n) is 22.9. The molecule has 204 valence electrons. The van der Waals surface area contributed by atoms with Gasteiger partial charge in [0.2, 0.25) is 0 Å². The highest BCUT2D eigenvalue weighted by Gasteiger charge is 2.20. The second-order valence-corrected chi connectivity index (χ2v) is 10.3. The van der Waals surface area contributed by atoms with Gasteiger partial charge in [-0.25, -0.2) is 9.98 Å². The summed E-state index contributed by atoms with van der Waals surface area (Å²) in [5.74, 6) is 7.14. The number of hydrogen-bond acceptors (Lipinski definition) is 7. The van der Waals surface area contributed by atoms with Crippen molar-refractivity contribution < 1.29 is 0 Å². The van der Waals surface area contributed by atoms with Crippen LogP contribution in [0.2, 0.25) is 0 Å². The molecule has 7 nitrogen and oxygen atoms in total. The van der Waals surface area contributed by atoms with Crippen LogP contribution in [0.5, 0.6) is 0 Å². The van der Waals surface area contributed by atoms with Gasteiger partial charge in [0.05, 0.1) is 11.3 Å². The van der Waals surface area contributed by atoms with Crippen molar-refractivity contribution in [3.8, 4) is 11.8 Å². The lowest BCUT2D eigenvalue weighted by Gasteiger charge is -2.24. The molecule has 0 amide bonds. The maximum Gasteiger partial charge on any atom is 0.136 e. The van der Waals surface area contributed by atoms with Crippen molar-refractivity contribution in [3.63, 3.8) is 0 Å². The Bertz CT molecular complexity index is 1370. The number of rotatable bonds is 11. The molecule has 7 heteroatoms.